The number of carbonyl (C=O) groups excluding carboxylic acids is 2. The summed E-state index contributed by atoms with van der Waals surface area (Å²) in [4.78, 5) is 41.9. The number of ether oxygens (including phenoxy) is 1. The van der Waals surface area contributed by atoms with Gasteiger partial charge < -0.3 is 14.5 Å². The average Bonchev–Trinajstić information content (AvgIpc) is 3.14. The van der Waals surface area contributed by atoms with E-state index in [0.717, 1.165) is 32.1 Å². The van der Waals surface area contributed by atoms with Gasteiger partial charge in [-0.1, -0.05) is 37.5 Å². The molecule has 1 aliphatic carbocycles. The van der Waals surface area contributed by atoms with E-state index in [0.29, 0.717) is 54.7 Å². The van der Waals surface area contributed by atoms with E-state index in [9.17, 15) is 9.59 Å². The fourth-order valence-corrected chi connectivity index (χ4v) is 5.18. The van der Waals surface area contributed by atoms with Gasteiger partial charge in [-0.15, -0.1) is 0 Å². The Balaban J connectivity index is 1.49. The van der Waals surface area contributed by atoms with Gasteiger partial charge in [-0.25, -0.2) is 9.97 Å². The molecule has 2 amide bonds. The molecule has 1 aromatic heterocycles. The molecule has 0 radical (unpaired) electrons. The quantitative estimate of drug-likeness (QED) is 0.652. The zero-order valence-electron chi connectivity index (χ0n) is 18.9. The molecule has 1 saturated carbocycles. The van der Waals surface area contributed by atoms with Gasteiger partial charge in [0, 0.05) is 50.2 Å². The Labute approximate surface area is 193 Å². The molecule has 172 valence electrons. The first-order valence-corrected chi connectivity index (χ1v) is 11.7. The van der Waals surface area contributed by atoms with E-state index < -0.39 is 0 Å². The van der Waals surface area contributed by atoms with Gasteiger partial charge >= 0.3 is 0 Å². The van der Waals surface area contributed by atoms with Gasteiger partial charge in [0.2, 0.25) is 5.95 Å². The summed E-state index contributed by atoms with van der Waals surface area (Å²) in [5.74, 6) is 0.930. The highest BCUT2D eigenvalue weighted by molar-refractivity contribution is 6.36. The van der Waals surface area contributed by atoms with Crippen LogP contribution in [0.5, 0.6) is 5.75 Å². The molecule has 0 unspecified atom stereocenters. The van der Waals surface area contributed by atoms with E-state index in [2.05, 4.69) is 19.8 Å². The van der Waals surface area contributed by atoms with Crippen molar-refractivity contribution in [2.45, 2.75) is 38.1 Å². The Morgan fingerprint density at radius 1 is 0.848 bits per heavy atom. The second-order valence-electron chi connectivity index (χ2n) is 8.72. The first-order valence-electron chi connectivity index (χ1n) is 11.7. The fourth-order valence-electron chi connectivity index (χ4n) is 5.18. The normalized spacial score (nSPS) is 20.1. The maximum atomic E-state index is 13.8. The minimum absolute atomic E-state index is 0.0278. The molecule has 0 spiro atoms. The molecule has 0 bridgehead atoms. The maximum Gasteiger partial charge on any atom is 0.278 e. The van der Waals surface area contributed by atoms with Gasteiger partial charge in [0.1, 0.15) is 11.4 Å². The predicted molar refractivity (Wildman–Crippen MR) is 124 cm³/mol. The predicted octanol–water partition coefficient (Wildman–Crippen LogP) is 2.72. The molecule has 2 aromatic rings. The maximum absolute atomic E-state index is 13.8. The summed E-state index contributed by atoms with van der Waals surface area (Å²) in [6, 6.07) is 9.24. The number of hydrogen-bond donors (Lipinski definition) is 0. The van der Waals surface area contributed by atoms with Gasteiger partial charge in [0.15, 0.2) is 0 Å². The van der Waals surface area contributed by atoms with Crippen LogP contribution < -0.4 is 9.64 Å². The number of piperazine rings is 1. The summed E-state index contributed by atoms with van der Waals surface area (Å²) in [5.41, 5.74) is 1.65. The molecule has 0 atom stereocenters. The number of aromatic nitrogens is 2. The SMILES string of the molecule is COc1ccccc1C1=C(N2CCN(c3ncccn3)CC2)C(=O)N(C2CCCCC2)C1=O. The first-order chi connectivity index (χ1) is 16.2. The Morgan fingerprint density at radius 3 is 2.21 bits per heavy atom. The molecule has 3 heterocycles. The lowest BCUT2D eigenvalue weighted by Gasteiger charge is -2.37. The zero-order valence-corrected chi connectivity index (χ0v) is 18.9. The molecule has 0 N–H and O–H groups in total. The number of carbonyl (C=O) groups is 2. The molecule has 3 aliphatic rings. The number of rotatable bonds is 5. The molecule has 5 rings (SSSR count). The number of imide groups is 1. The molecule has 1 saturated heterocycles. The highest BCUT2D eigenvalue weighted by Gasteiger charge is 2.46. The highest BCUT2D eigenvalue weighted by atomic mass is 16.5. The van der Waals surface area contributed by atoms with Crippen LogP contribution in [0.25, 0.3) is 5.57 Å². The van der Waals surface area contributed by atoms with Crippen molar-refractivity contribution >= 4 is 23.3 Å². The lowest BCUT2D eigenvalue weighted by molar-refractivity contribution is -0.141. The van der Waals surface area contributed by atoms with Crippen molar-refractivity contribution in [3.63, 3.8) is 0 Å². The summed E-state index contributed by atoms with van der Waals surface area (Å²) >= 11 is 0. The van der Waals surface area contributed by atoms with Crippen molar-refractivity contribution in [2.24, 2.45) is 0 Å². The van der Waals surface area contributed by atoms with Crippen LogP contribution in [0.3, 0.4) is 0 Å². The third kappa shape index (κ3) is 3.94. The fraction of sp³-hybridized carbons (Fsp3) is 0.440. The lowest BCUT2D eigenvalue weighted by atomic mass is 9.94. The van der Waals surface area contributed by atoms with E-state index >= 15 is 0 Å². The summed E-state index contributed by atoms with van der Waals surface area (Å²) in [6.07, 6.45) is 8.49. The van der Waals surface area contributed by atoms with Gasteiger partial charge in [0.05, 0.1) is 12.7 Å². The van der Waals surface area contributed by atoms with Crippen LogP contribution >= 0.6 is 0 Å². The van der Waals surface area contributed by atoms with E-state index in [1.807, 2.05) is 24.3 Å². The third-order valence-corrected chi connectivity index (χ3v) is 6.84. The number of benzene rings is 1. The highest BCUT2D eigenvalue weighted by Crippen LogP contribution is 2.39. The van der Waals surface area contributed by atoms with Crippen LogP contribution in [0, 0.1) is 0 Å². The van der Waals surface area contributed by atoms with Crippen LogP contribution in [-0.2, 0) is 9.59 Å². The number of anilines is 1. The minimum Gasteiger partial charge on any atom is -0.496 e. The largest absolute Gasteiger partial charge is 0.496 e. The van der Waals surface area contributed by atoms with E-state index in [4.69, 9.17) is 4.74 Å². The summed E-state index contributed by atoms with van der Waals surface area (Å²) < 4.78 is 5.57. The Bertz CT molecular complexity index is 1060. The molecule has 2 aliphatic heterocycles. The minimum atomic E-state index is -0.194. The zero-order chi connectivity index (χ0) is 22.8. The van der Waals surface area contributed by atoms with Crippen molar-refractivity contribution in [3.05, 3.63) is 54.0 Å². The molecule has 1 aromatic carbocycles. The van der Waals surface area contributed by atoms with E-state index in [1.54, 1.807) is 25.6 Å². The van der Waals surface area contributed by atoms with Crippen LogP contribution in [0.15, 0.2) is 48.4 Å². The second kappa shape index (κ2) is 9.21. The van der Waals surface area contributed by atoms with Crippen molar-refractivity contribution in [1.29, 1.82) is 0 Å². The van der Waals surface area contributed by atoms with Gasteiger partial charge in [-0.2, -0.15) is 0 Å². The molecule has 8 heteroatoms. The van der Waals surface area contributed by atoms with Crippen LogP contribution in [0.2, 0.25) is 0 Å². The number of methoxy groups -OCH3 is 1. The Morgan fingerprint density at radius 2 is 1.52 bits per heavy atom. The molecule has 2 fully saturated rings. The van der Waals surface area contributed by atoms with Crippen molar-refractivity contribution in [3.8, 4) is 5.75 Å². The number of nitrogens with zero attached hydrogens (tertiary/aromatic N) is 5. The van der Waals surface area contributed by atoms with Crippen LogP contribution in [0.1, 0.15) is 37.7 Å². The van der Waals surface area contributed by atoms with E-state index in [-0.39, 0.29) is 17.9 Å². The molecular formula is C25H29N5O3. The topological polar surface area (TPSA) is 78.9 Å². The van der Waals surface area contributed by atoms with Crippen molar-refractivity contribution in [1.82, 2.24) is 19.8 Å². The van der Waals surface area contributed by atoms with Crippen LogP contribution in [-0.4, -0.2) is 70.9 Å². The smallest absolute Gasteiger partial charge is 0.278 e. The van der Waals surface area contributed by atoms with Gasteiger partial charge in [0.25, 0.3) is 11.8 Å². The van der Waals surface area contributed by atoms with Crippen LogP contribution in [0.4, 0.5) is 5.95 Å². The van der Waals surface area contributed by atoms with E-state index in [1.165, 1.54) is 4.90 Å². The van der Waals surface area contributed by atoms with Gasteiger partial charge in [-0.05, 0) is 25.0 Å². The number of hydrogen-bond acceptors (Lipinski definition) is 7. The monoisotopic (exact) mass is 447 g/mol. The summed E-state index contributed by atoms with van der Waals surface area (Å²) in [6.45, 7) is 2.59. The summed E-state index contributed by atoms with van der Waals surface area (Å²) in [5, 5.41) is 0. The molecule has 8 nitrogen and oxygen atoms in total. The average molecular weight is 448 g/mol. The van der Waals surface area contributed by atoms with Gasteiger partial charge in [-0.3, -0.25) is 14.5 Å². The second-order valence-corrected chi connectivity index (χ2v) is 8.72. The lowest BCUT2D eigenvalue weighted by Crippen LogP contribution is -2.49. The standard InChI is InChI=1S/C25H29N5O3/c1-33-20-11-6-5-10-19(20)21-22(24(32)30(23(21)31)18-8-3-2-4-9-18)28-14-16-29(17-15-28)25-26-12-7-13-27-25/h5-7,10-13,18H,2-4,8-9,14-17H2,1H3. The number of para-hydroxylation sites is 1. The number of amides is 2. The third-order valence-electron chi connectivity index (χ3n) is 6.84. The molecule has 33 heavy (non-hydrogen) atoms. The summed E-state index contributed by atoms with van der Waals surface area (Å²) in [7, 11) is 1.60. The first kappa shape index (κ1) is 21.4. The Hall–Kier alpha value is -3.42. The molecular weight excluding hydrogens is 418 g/mol. The Kier molecular flexibility index (Phi) is 5.98. The van der Waals surface area contributed by atoms with Crippen molar-refractivity contribution < 1.29 is 14.3 Å². The van der Waals surface area contributed by atoms with Crippen molar-refractivity contribution in [2.75, 3.05) is 38.2 Å².